The zero-order valence-electron chi connectivity index (χ0n) is 10.2. The summed E-state index contributed by atoms with van der Waals surface area (Å²) in [7, 11) is 0. The van der Waals surface area contributed by atoms with E-state index in [-0.39, 0.29) is 12.2 Å². The van der Waals surface area contributed by atoms with E-state index >= 15 is 0 Å². The summed E-state index contributed by atoms with van der Waals surface area (Å²) >= 11 is 5.20. The van der Waals surface area contributed by atoms with E-state index in [4.69, 9.17) is 18.0 Å². The van der Waals surface area contributed by atoms with Gasteiger partial charge < -0.3 is 15.3 Å². The maximum absolute atomic E-state index is 13.6. The van der Waals surface area contributed by atoms with Gasteiger partial charge in [-0.25, -0.2) is 4.39 Å². The number of aromatic nitrogens is 2. The normalized spacial score (nSPS) is 11.9. The molecule has 0 saturated heterocycles. The summed E-state index contributed by atoms with van der Waals surface area (Å²) in [5.41, 5.74) is 5.61. The standard InChI is InChI=1S/C12H14FN3OS/c1-12(2,6-9(14)17)16-8-5-3-4-7(13)10(8)15-11(16)18/h3-5H,6H2,1-2H3,(H2,14,17)(H,15,18). The molecule has 0 aliphatic heterocycles. The van der Waals surface area contributed by atoms with Crippen LogP contribution in [0.15, 0.2) is 18.2 Å². The number of amides is 1. The fraction of sp³-hybridized carbons (Fsp3) is 0.333. The van der Waals surface area contributed by atoms with Gasteiger partial charge in [-0.2, -0.15) is 0 Å². The quantitative estimate of drug-likeness (QED) is 0.839. The first kappa shape index (κ1) is 12.8. The molecule has 0 aliphatic carbocycles. The Morgan fingerprint density at radius 1 is 1.56 bits per heavy atom. The molecule has 0 aliphatic rings. The van der Waals surface area contributed by atoms with E-state index in [1.807, 2.05) is 13.8 Å². The Bertz CT molecular complexity index is 672. The summed E-state index contributed by atoms with van der Waals surface area (Å²) in [4.78, 5) is 13.9. The van der Waals surface area contributed by atoms with Gasteiger partial charge in [0.1, 0.15) is 11.3 Å². The first-order chi connectivity index (χ1) is 8.33. The average Bonchev–Trinajstić information content (AvgIpc) is 2.54. The van der Waals surface area contributed by atoms with Gasteiger partial charge in [0, 0.05) is 6.42 Å². The molecule has 96 valence electrons. The summed E-state index contributed by atoms with van der Waals surface area (Å²) in [6.07, 6.45) is 0.130. The van der Waals surface area contributed by atoms with Crippen molar-refractivity contribution in [3.63, 3.8) is 0 Å². The number of nitrogens with zero attached hydrogens (tertiary/aromatic N) is 1. The predicted molar refractivity (Wildman–Crippen MR) is 70.2 cm³/mol. The Morgan fingerprint density at radius 2 is 2.22 bits per heavy atom. The van der Waals surface area contributed by atoms with Crippen molar-refractivity contribution in [2.24, 2.45) is 5.73 Å². The number of nitrogens with two attached hydrogens (primary N) is 1. The molecule has 1 aromatic carbocycles. The minimum absolute atomic E-state index is 0.130. The van der Waals surface area contributed by atoms with Crippen molar-refractivity contribution in [3.8, 4) is 0 Å². The van der Waals surface area contributed by atoms with E-state index in [9.17, 15) is 9.18 Å². The summed E-state index contributed by atoms with van der Waals surface area (Å²) in [5.74, 6) is -0.792. The highest BCUT2D eigenvalue weighted by molar-refractivity contribution is 7.71. The Labute approximate surface area is 109 Å². The molecule has 18 heavy (non-hydrogen) atoms. The number of carbonyl (C=O) groups is 1. The van der Waals surface area contributed by atoms with Gasteiger partial charge in [0.05, 0.1) is 11.1 Å². The highest BCUT2D eigenvalue weighted by atomic mass is 32.1. The van der Waals surface area contributed by atoms with Crippen molar-refractivity contribution in [1.29, 1.82) is 0 Å². The summed E-state index contributed by atoms with van der Waals surface area (Å²) in [6.45, 7) is 3.68. The molecule has 0 fully saturated rings. The fourth-order valence-corrected chi connectivity index (χ4v) is 2.65. The van der Waals surface area contributed by atoms with Crippen LogP contribution in [0.2, 0.25) is 0 Å². The molecule has 0 radical (unpaired) electrons. The first-order valence-corrected chi connectivity index (χ1v) is 5.92. The van der Waals surface area contributed by atoms with Crippen LogP contribution in [0.3, 0.4) is 0 Å². The van der Waals surface area contributed by atoms with Gasteiger partial charge in [0.2, 0.25) is 5.91 Å². The van der Waals surface area contributed by atoms with Crippen LogP contribution in [0.4, 0.5) is 4.39 Å². The van der Waals surface area contributed by atoms with Crippen molar-refractivity contribution < 1.29 is 9.18 Å². The molecule has 2 rings (SSSR count). The average molecular weight is 267 g/mol. The first-order valence-electron chi connectivity index (χ1n) is 5.51. The second-order valence-corrected chi connectivity index (χ2v) is 5.24. The summed E-state index contributed by atoms with van der Waals surface area (Å²) in [6, 6.07) is 4.73. The number of nitrogens with one attached hydrogen (secondary N) is 1. The zero-order chi connectivity index (χ0) is 13.5. The lowest BCUT2D eigenvalue weighted by Gasteiger charge is -2.26. The van der Waals surface area contributed by atoms with Crippen LogP contribution in [0.1, 0.15) is 20.3 Å². The number of primary amides is 1. The lowest BCUT2D eigenvalue weighted by molar-refractivity contribution is -0.119. The molecule has 1 amide bonds. The lowest BCUT2D eigenvalue weighted by atomic mass is 9.99. The number of H-pyrrole nitrogens is 1. The monoisotopic (exact) mass is 267 g/mol. The Hall–Kier alpha value is -1.69. The van der Waals surface area contributed by atoms with Crippen LogP contribution in [0, 0.1) is 10.6 Å². The third-order valence-electron chi connectivity index (χ3n) is 2.88. The van der Waals surface area contributed by atoms with E-state index in [0.717, 1.165) is 0 Å². The van der Waals surface area contributed by atoms with Gasteiger partial charge in [-0.3, -0.25) is 4.79 Å². The molecule has 3 N–H and O–H groups in total. The largest absolute Gasteiger partial charge is 0.370 e. The second-order valence-electron chi connectivity index (χ2n) is 4.86. The van der Waals surface area contributed by atoms with Crippen molar-refractivity contribution in [2.45, 2.75) is 25.8 Å². The van der Waals surface area contributed by atoms with E-state index in [1.54, 1.807) is 16.7 Å². The minimum atomic E-state index is -0.602. The fourth-order valence-electron chi connectivity index (χ4n) is 2.20. The molecule has 0 spiro atoms. The molecule has 0 bridgehead atoms. The van der Waals surface area contributed by atoms with Gasteiger partial charge >= 0.3 is 0 Å². The summed E-state index contributed by atoms with van der Waals surface area (Å²) in [5, 5.41) is 0. The molecule has 0 saturated carbocycles. The van der Waals surface area contributed by atoms with Crippen LogP contribution in [-0.2, 0) is 10.3 Å². The number of imidazole rings is 1. The molecule has 2 aromatic rings. The van der Waals surface area contributed by atoms with Gasteiger partial charge in [0.25, 0.3) is 0 Å². The summed E-state index contributed by atoms with van der Waals surface area (Å²) < 4.78 is 15.8. The molecule has 1 aromatic heterocycles. The number of benzene rings is 1. The van der Waals surface area contributed by atoms with Crippen molar-refractivity contribution in [2.75, 3.05) is 0 Å². The van der Waals surface area contributed by atoms with Crippen LogP contribution in [-0.4, -0.2) is 15.5 Å². The molecule has 4 nitrogen and oxygen atoms in total. The molecule has 0 atom stereocenters. The third-order valence-corrected chi connectivity index (χ3v) is 3.16. The Morgan fingerprint density at radius 3 is 2.83 bits per heavy atom. The Balaban J connectivity index is 2.71. The van der Waals surface area contributed by atoms with Gasteiger partial charge in [-0.1, -0.05) is 6.07 Å². The topological polar surface area (TPSA) is 63.8 Å². The van der Waals surface area contributed by atoms with Crippen molar-refractivity contribution in [3.05, 3.63) is 28.8 Å². The molecule has 6 heteroatoms. The van der Waals surface area contributed by atoms with Crippen LogP contribution < -0.4 is 5.73 Å². The van der Waals surface area contributed by atoms with Crippen molar-refractivity contribution >= 4 is 29.2 Å². The van der Waals surface area contributed by atoms with E-state index < -0.39 is 11.4 Å². The molecule has 1 heterocycles. The highest BCUT2D eigenvalue weighted by Crippen LogP contribution is 2.27. The second kappa shape index (κ2) is 4.20. The lowest BCUT2D eigenvalue weighted by Crippen LogP contribution is -2.32. The number of para-hydroxylation sites is 1. The maximum Gasteiger partial charge on any atom is 0.219 e. The highest BCUT2D eigenvalue weighted by Gasteiger charge is 2.26. The van der Waals surface area contributed by atoms with Gasteiger partial charge in [0.15, 0.2) is 4.77 Å². The number of fused-ring (bicyclic) bond motifs is 1. The van der Waals surface area contributed by atoms with Crippen LogP contribution in [0.5, 0.6) is 0 Å². The number of halogens is 1. The predicted octanol–water partition coefficient (Wildman–Crippen LogP) is 2.45. The van der Waals surface area contributed by atoms with Crippen LogP contribution in [0.25, 0.3) is 11.0 Å². The number of carbonyl (C=O) groups excluding carboxylic acids is 1. The smallest absolute Gasteiger partial charge is 0.219 e. The number of aromatic amines is 1. The van der Waals surface area contributed by atoms with Gasteiger partial charge in [-0.05, 0) is 38.2 Å². The SMILES string of the molecule is CC(C)(CC(N)=O)n1c(=S)[nH]c2c(F)cccc21. The van der Waals surface area contributed by atoms with E-state index in [2.05, 4.69) is 4.98 Å². The minimum Gasteiger partial charge on any atom is -0.370 e. The zero-order valence-corrected chi connectivity index (χ0v) is 11.0. The molecule has 0 unspecified atom stereocenters. The van der Waals surface area contributed by atoms with E-state index in [0.29, 0.717) is 15.8 Å². The third kappa shape index (κ3) is 2.03. The Kier molecular flexibility index (Phi) is 2.98. The number of hydrogen-bond donors (Lipinski definition) is 2. The van der Waals surface area contributed by atoms with Crippen molar-refractivity contribution in [1.82, 2.24) is 9.55 Å². The molecular formula is C12H14FN3OS. The number of hydrogen-bond acceptors (Lipinski definition) is 2. The van der Waals surface area contributed by atoms with Crippen LogP contribution >= 0.6 is 12.2 Å². The van der Waals surface area contributed by atoms with Gasteiger partial charge in [-0.15, -0.1) is 0 Å². The maximum atomic E-state index is 13.6. The number of rotatable bonds is 3. The van der Waals surface area contributed by atoms with E-state index in [1.165, 1.54) is 6.07 Å². The molecular weight excluding hydrogens is 253 g/mol.